The Labute approximate surface area is 575 Å². The molecule has 0 aliphatic rings. The third-order valence-corrected chi connectivity index (χ3v) is 17.3. The summed E-state index contributed by atoms with van der Waals surface area (Å²) in [6.45, 7) is 0. The monoisotopic (exact) mass is 1230 g/mol. The summed E-state index contributed by atoms with van der Waals surface area (Å²) in [7, 11) is 0. The highest BCUT2D eigenvalue weighted by Crippen LogP contribution is 2.47. The van der Waals surface area contributed by atoms with Crippen molar-refractivity contribution in [3.05, 3.63) is 309 Å². The van der Waals surface area contributed by atoms with Crippen LogP contribution in [-0.2, 0) is 0 Å². The summed E-state index contributed by atoms with van der Waals surface area (Å²) in [5.41, 5.74) is 22.4. The molecule has 2 nitrogen and oxygen atoms in total. The number of rotatable bonds is 13. The number of benzene rings is 12. The summed E-state index contributed by atoms with van der Waals surface area (Å²) < 4.78 is 0. The van der Waals surface area contributed by atoms with Crippen LogP contribution in [0.3, 0.4) is 0 Å². The molecule has 0 heterocycles. The predicted octanol–water partition coefficient (Wildman–Crippen LogP) is 20.1. The summed E-state index contributed by atoms with van der Waals surface area (Å²) in [4.78, 5) is 4.24. The molecule has 0 saturated heterocycles. The topological polar surface area (TPSA) is 6.48 Å². The van der Waals surface area contributed by atoms with Crippen molar-refractivity contribution < 1.29 is 0 Å². The van der Waals surface area contributed by atoms with Gasteiger partial charge in [0.15, 0.2) is 0 Å². The Hall–Kier alpha value is -15.0. The van der Waals surface area contributed by atoms with Gasteiger partial charge in [0.2, 0.25) is 0 Å². The Morgan fingerprint density at radius 1 is 0.173 bits per heavy atom. The van der Waals surface area contributed by atoms with E-state index in [-0.39, 0.29) is 0 Å². The van der Waals surface area contributed by atoms with Crippen molar-refractivity contribution in [2.75, 3.05) is 9.80 Å². The number of hydrogen-bond acceptors (Lipinski definition) is 2. The zero-order valence-corrected chi connectivity index (χ0v) is 52.9. The molecule has 0 spiro atoms. The van der Waals surface area contributed by atoms with E-state index in [1.54, 1.807) is 0 Å². The van der Waals surface area contributed by atoms with Crippen molar-refractivity contribution in [3.63, 3.8) is 0 Å². The van der Waals surface area contributed by atoms with Crippen LogP contribution in [0.15, 0.2) is 243 Å². The lowest BCUT2D eigenvalue weighted by Gasteiger charge is -2.29. The maximum atomic E-state index is 6.54. The average molecular weight is 1230 g/mol. The summed E-state index contributed by atoms with van der Waals surface area (Å²) >= 11 is 0. The molecule has 0 fully saturated rings. The van der Waals surface area contributed by atoms with Crippen LogP contribution in [0, 0.1) is 148 Å². The van der Waals surface area contributed by atoms with E-state index in [2.05, 4.69) is 172 Å². The van der Waals surface area contributed by atoms with Gasteiger partial charge in [-0.3, -0.25) is 0 Å². The fourth-order valence-corrected chi connectivity index (χ4v) is 12.7. The molecule has 446 valence electrons. The minimum Gasteiger partial charge on any atom is -0.309 e. The van der Waals surface area contributed by atoms with Crippen LogP contribution in [0.2, 0.25) is 0 Å². The summed E-state index contributed by atoms with van der Waals surface area (Å²) in [6, 6.07) is 79.6. The highest BCUT2D eigenvalue weighted by atomic mass is 15.1. The van der Waals surface area contributed by atoms with Crippen LogP contribution >= 0.6 is 0 Å². The zero-order valence-electron chi connectivity index (χ0n) is 52.9. The van der Waals surface area contributed by atoms with Crippen LogP contribution < -0.4 is 9.80 Å². The molecule has 0 atom stereocenters. The highest BCUT2D eigenvalue weighted by Gasteiger charge is 2.25. The van der Waals surface area contributed by atoms with Gasteiger partial charge in [0.25, 0.3) is 0 Å². The molecule has 0 unspecified atom stereocenters. The third-order valence-electron chi connectivity index (χ3n) is 17.3. The van der Waals surface area contributed by atoms with E-state index in [0.29, 0.717) is 89.3 Å². The molecular weight excluding hydrogens is 1180 g/mol. The molecule has 0 N–H and O–H groups in total. The lowest BCUT2D eigenvalue weighted by molar-refractivity contribution is 1.27. The Morgan fingerprint density at radius 2 is 0.459 bits per heavy atom. The van der Waals surface area contributed by atoms with Crippen LogP contribution in [-0.4, -0.2) is 0 Å². The van der Waals surface area contributed by atoms with Gasteiger partial charge in [0.1, 0.15) is 0 Å². The minimum absolute atomic E-state index is 0.506. The molecular formula is C96H52N2. The number of anilines is 6. The van der Waals surface area contributed by atoms with E-state index < -0.39 is 0 Å². The molecule has 12 rings (SSSR count). The third kappa shape index (κ3) is 11.6. The number of nitrogens with zero attached hydrogens (tertiary/aromatic N) is 2. The van der Waals surface area contributed by atoms with Crippen LogP contribution in [0.4, 0.5) is 34.1 Å². The molecule has 0 radical (unpaired) electrons. The predicted molar refractivity (Wildman–Crippen MR) is 409 cm³/mol. The Bertz CT molecular complexity index is 5600. The second-order valence-electron chi connectivity index (χ2n) is 22.4. The summed E-state index contributed by atoms with van der Waals surface area (Å²) in [6.07, 6.45) is 74.9. The molecule has 0 aliphatic heterocycles. The first-order valence-corrected chi connectivity index (χ1v) is 30.8. The van der Waals surface area contributed by atoms with E-state index in [1.165, 1.54) is 0 Å². The van der Waals surface area contributed by atoms with E-state index in [4.69, 9.17) is 77.1 Å². The number of hydrogen-bond donors (Lipinski definition) is 0. The van der Waals surface area contributed by atoms with Crippen molar-refractivity contribution in [2.24, 2.45) is 0 Å². The molecule has 0 aromatic heterocycles. The van der Waals surface area contributed by atoms with Gasteiger partial charge in [0.05, 0.1) is 22.5 Å². The van der Waals surface area contributed by atoms with Crippen LogP contribution in [0.1, 0.15) is 66.8 Å². The van der Waals surface area contributed by atoms with Crippen molar-refractivity contribution in [2.45, 2.75) is 0 Å². The maximum Gasteiger partial charge on any atom is 0.0639 e. The Balaban J connectivity index is 1.11. The van der Waals surface area contributed by atoms with Crippen molar-refractivity contribution in [1.82, 2.24) is 0 Å². The van der Waals surface area contributed by atoms with E-state index >= 15 is 0 Å². The zero-order chi connectivity index (χ0) is 68.4. The van der Waals surface area contributed by atoms with Crippen LogP contribution in [0.5, 0.6) is 0 Å². The van der Waals surface area contributed by atoms with Gasteiger partial charge in [-0.2, -0.15) is 0 Å². The first-order chi connectivity index (χ1) is 48.1. The Kier molecular flexibility index (Phi) is 17.9. The molecule has 12 aromatic carbocycles. The van der Waals surface area contributed by atoms with Gasteiger partial charge >= 0.3 is 0 Å². The van der Waals surface area contributed by atoms with E-state index in [9.17, 15) is 0 Å². The molecule has 12 aromatic rings. The SMILES string of the molecule is C#Cc1cccc(-c2ccc(-c3cc(-c4ccc(-c5cccc(C#C)c5C#C)c(-c5cccc(C#C)c5C#C)c4)cc(N(c4ccc(-c5ccc(N(c6ccccc6)c6cccc(C#C)c6C#C)cc5)cc4)c4cccc(C#C)c4C#C)c3)cc2-c2cccc(C#C)c2C#C)c1C#C. The molecule has 98 heavy (non-hydrogen) atoms. The molecule has 2 heteroatoms. The first-order valence-electron chi connectivity index (χ1n) is 30.8. The fourth-order valence-electron chi connectivity index (χ4n) is 12.7. The smallest absolute Gasteiger partial charge is 0.0639 e. The van der Waals surface area contributed by atoms with Gasteiger partial charge in [-0.05, 0) is 193 Å². The quantitative estimate of drug-likeness (QED) is 0.106. The van der Waals surface area contributed by atoms with Crippen molar-refractivity contribution >= 4 is 34.1 Å². The largest absolute Gasteiger partial charge is 0.309 e. The van der Waals surface area contributed by atoms with Crippen molar-refractivity contribution in [1.29, 1.82) is 0 Å². The minimum atomic E-state index is 0.506. The number of para-hydroxylation sites is 1. The van der Waals surface area contributed by atoms with E-state index in [1.807, 2.05) is 152 Å². The first kappa shape index (κ1) is 63.1. The normalized spacial score (nSPS) is 10.1. The summed E-state index contributed by atoms with van der Waals surface area (Å²) in [5, 5.41) is 0. The molecule has 0 bridgehead atoms. The van der Waals surface area contributed by atoms with Crippen molar-refractivity contribution in [3.8, 4) is 226 Å². The second kappa shape index (κ2) is 27.8. The van der Waals surface area contributed by atoms with Crippen LogP contribution in [0.25, 0.3) is 77.9 Å². The van der Waals surface area contributed by atoms with Gasteiger partial charge in [0, 0.05) is 78.4 Å². The lowest BCUT2D eigenvalue weighted by atomic mass is 9.84. The second-order valence-corrected chi connectivity index (χ2v) is 22.4. The Morgan fingerprint density at radius 3 is 0.786 bits per heavy atom. The summed E-state index contributed by atoms with van der Waals surface area (Å²) in [5.74, 6) is 34.2. The highest BCUT2D eigenvalue weighted by molar-refractivity contribution is 5.97. The maximum absolute atomic E-state index is 6.54. The lowest BCUT2D eigenvalue weighted by Crippen LogP contribution is -2.13. The van der Waals surface area contributed by atoms with Gasteiger partial charge in [-0.1, -0.05) is 198 Å². The van der Waals surface area contributed by atoms with Gasteiger partial charge in [-0.15, -0.1) is 77.1 Å². The van der Waals surface area contributed by atoms with Gasteiger partial charge in [-0.25, -0.2) is 0 Å². The molecule has 0 amide bonds. The molecule has 0 aliphatic carbocycles. The van der Waals surface area contributed by atoms with E-state index in [0.717, 1.165) is 89.5 Å². The van der Waals surface area contributed by atoms with Gasteiger partial charge < -0.3 is 9.80 Å². The average Bonchev–Trinajstić information content (AvgIpc) is 0.767. The standard InChI is InChI=1S/C96H52N2/c1-13-65-34-28-42-87(81(65)19-7)91-58-52-73(63-93(91)89-44-30-36-67(15-3)83(89)21-9)75-60-76(74-53-59-92(88-43-29-35-66(14-2)82(88)20-8)94(64-74)90-45-31-37-68(16-4)84(90)22-10)62-80(61-75)98(96-47-33-39-70(18-6)86(96)24-12)79-56-50-72(51-57-79)71-48-54-78(55-49-71)97(77-40-26-25-27-41-77)95-46-32-38-69(17-5)85(95)23-11/h1-12,25-64H. The fraction of sp³-hybridized carbons (Fsp3) is 0. The number of terminal acetylenes is 12. The molecule has 0 saturated carbocycles.